The van der Waals surface area contributed by atoms with Gasteiger partial charge in [0.2, 0.25) is 0 Å². The van der Waals surface area contributed by atoms with Crippen molar-refractivity contribution in [1.29, 1.82) is 5.26 Å². The van der Waals surface area contributed by atoms with E-state index in [2.05, 4.69) is 5.32 Å². The second-order valence-corrected chi connectivity index (χ2v) is 5.47. The summed E-state index contributed by atoms with van der Waals surface area (Å²) in [4.78, 5) is 10.6. The number of aliphatic hydroxyl groups excluding tert-OH is 1. The van der Waals surface area contributed by atoms with Crippen molar-refractivity contribution >= 4 is 11.4 Å². The highest BCUT2D eigenvalue weighted by Gasteiger charge is 2.25. The van der Waals surface area contributed by atoms with Gasteiger partial charge in [-0.15, -0.1) is 0 Å². The lowest BCUT2D eigenvalue weighted by Gasteiger charge is -2.30. The quantitative estimate of drug-likeness (QED) is 0.641. The van der Waals surface area contributed by atoms with Gasteiger partial charge in [-0.1, -0.05) is 12.8 Å². The van der Waals surface area contributed by atoms with E-state index in [-0.39, 0.29) is 18.2 Å². The molecule has 1 aliphatic rings. The van der Waals surface area contributed by atoms with E-state index in [1.807, 2.05) is 6.07 Å². The molecule has 112 valence electrons. The van der Waals surface area contributed by atoms with E-state index in [1.165, 1.54) is 18.2 Å². The summed E-state index contributed by atoms with van der Waals surface area (Å²) < 4.78 is 0. The van der Waals surface area contributed by atoms with E-state index in [4.69, 9.17) is 5.26 Å². The Hall–Kier alpha value is -2.13. The first kappa shape index (κ1) is 15.3. The molecule has 0 bridgehead atoms. The van der Waals surface area contributed by atoms with Gasteiger partial charge in [0.25, 0.3) is 5.69 Å². The van der Waals surface area contributed by atoms with Crippen molar-refractivity contribution in [3.05, 3.63) is 33.9 Å². The second-order valence-electron chi connectivity index (χ2n) is 5.47. The molecule has 2 atom stereocenters. The van der Waals surface area contributed by atoms with E-state index in [9.17, 15) is 15.2 Å². The first-order valence-electron chi connectivity index (χ1n) is 7.19. The minimum absolute atomic E-state index is 0.0228. The molecule has 21 heavy (non-hydrogen) atoms. The third-order valence-electron chi connectivity index (χ3n) is 4.18. The molecule has 0 amide bonds. The molecule has 2 N–H and O–H groups in total. The van der Waals surface area contributed by atoms with Crippen LogP contribution in [0.2, 0.25) is 0 Å². The molecule has 1 saturated carbocycles. The number of rotatable bonds is 5. The lowest BCUT2D eigenvalue weighted by Crippen LogP contribution is -2.28. The van der Waals surface area contributed by atoms with Gasteiger partial charge in [0.15, 0.2) is 0 Å². The summed E-state index contributed by atoms with van der Waals surface area (Å²) in [6.07, 6.45) is 4.28. The van der Waals surface area contributed by atoms with E-state index in [0.717, 1.165) is 25.7 Å². The molecule has 1 aliphatic carbocycles. The molecule has 1 aromatic carbocycles. The van der Waals surface area contributed by atoms with Gasteiger partial charge < -0.3 is 10.4 Å². The van der Waals surface area contributed by atoms with Crippen LogP contribution < -0.4 is 5.32 Å². The molecule has 0 heterocycles. The predicted octanol–water partition coefficient (Wildman–Crippen LogP) is 2.68. The van der Waals surface area contributed by atoms with Crippen molar-refractivity contribution in [1.82, 2.24) is 0 Å². The first-order chi connectivity index (χ1) is 10.2. The average Bonchev–Trinajstić information content (AvgIpc) is 2.52. The molecule has 0 saturated heterocycles. The summed E-state index contributed by atoms with van der Waals surface area (Å²) in [5.74, 6) is 0.568. The van der Waals surface area contributed by atoms with Crippen molar-refractivity contribution in [2.24, 2.45) is 11.8 Å². The standard InChI is InChI=1S/C15H19N3O3/c16-8-11-5-6-15(18(20)21)14(7-11)17-9-12-3-1-2-4-13(12)10-19/h5-7,12-13,17,19H,1-4,9-10H2. The maximum absolute atomic E-state index is 11.0. The van der Waals surface area contributed by atoms with Gasteiger partial charge in [-0.05, 0) is 36.8 Å². The van der Waals surface area contributed by atoms with Crippen LogP contribution in [0, 0.1) is 33.3 Å². The molecule has 2 unspecified atom stereocenters. The molecular formula is C15H19N3O3. The molecule has 0 radical (unpaired) electrons. The van der Waals surface area contributed by atoms with E-state index >= 15 is 0 Å². The number of nitro benzene ring substituents is 1. The molecule has 1 fully saturated rings. The Morgan fingerprint density at radius 1 is 1.38 bits per heavy atom. The van der Waals surface area contributed by atoms with Gasteiger partial charge >= 0.3 is 0 Å². The fourth-order valence-electron chi connectivity index (χ4n) is 2.94. The zero-order valence-corrected chi connectivity index (χ0v) is 11.8. The maximum atomic E-state index is 11.0. The Kier molecular flexibility index (Phi) is 5.12. The van der Waals surface area contributed by atoms with Gasteiger partial charge in [-0.3, -0.25) is 10.1 Å². The fourth-order valence-corrected chi connectivity index (χ4v) is 2.94. The highest BCUT2D eigenvalue weighted by atomic mass is 16.6. The van der Waals surface area contributed by atoms with Gasteiger partial charge in [-0.25, -0.2) is 0 Å². The summed E-state index contributed by atoms with van der Waals surface area (Å²) in [7, 11) is 0. The highest BCUT2D eigenvalue weighted by molar-refractivity contribution is 5.64. The van der Waals surface area contributed by atoms with Crippen molar-refractivity contribution in [3.63, 3.8) is 0 Å². The molecule has 0 aromatic heterocycles. The predicted molar refractivity (Wildman–Crippen MR) is 78.8 cm³/mol. The molecular weight excluding hydrogens is 270 g/mol. The zero-order valence-electron chi connectivity index (χ0n) is 11.8. The molecule has 2 rings (SSSR count). The van der Waals surface area contributed by atoms with Gasteiger partial charge in [0.05, 0.1) is 16.6 Å². The Morgan fingerprint density at radius 2 is 2.10 bits per heavy atom. The number of aliphatic hydroxyl groups is 1. The molecule has 6 nitrogen and oxygen atoms in total. The third-order valence-corrected chi connectivity index (χ3v) is 4.18. The van der Waals surface area contributed by atoms with Crippen molar-refractivity contribution in [3.8, 4) is 6.07 Å². The van der Waals surface area contributed by atoms with E-state index in [0.29, 0.717) is 23.7 Å². The Bertz CT molecular complexity index is 554. The Balaban J connectivity index is 2.11. The van der Waals surface area contributed by atoms with E-state index < -0.39 is 4.92 Å². The lowest BCUT2D eigenvalue weighted by atomic mass is 9.79. The number of benzene rings is 1. The minimum atomic E-state index is -0.451. The van der Waals surface area contributed by atoms with Crippen LogP contribution >= 0.6 is 0 Å². The van der Waals surface area contributed by atoms with Gasteiger partial charge in [0, 0.05) is 19.2 Å². The smallest absolute Gasteiger partial charge is 0.292 e. The van der Waals surface area contributed by atoms with Crippen LogP contribution in [0.25, 0.3) is 0 Å². The van der Waals surface area contributed by atoms with Crippen LogP contribution in [0.3, 0.4) is 0 Å². The minimum Gasteiger partial charge on any atom is -0.396 e. The monoisotopic (exact) mass is 289 g/mol. The maximum Gasteiger partial charge on any atom is 0.292 e. The summed E-state index contributed by atoms with van der Waals surface area (Å²) >= 11 is 0. The zero-order chi connectivity index (χ0) is 15.2. The van der Waals surface area contributed by atoms with Crippen LogP contribution in [0.5, 0.6) is 0 Å². The average molecular weight is 289 g/mol. The normalized spacial score (nSPS) is 21.5. The largest absolute Gasteiger partial charge is 0.396 e. The SMILES string of the molecule is N#Cc1ccc([N+](=O)[O-])c(NCC2CCCCC2CO)c1. The molecule has 1 aromatic rings. The summed E-state index contributed by atoms with van der Waals surface area (Å²) in [5.41, 5.74) is 0.747. The van der Waals surface area contributed by atoms with Crippen LogP contribution in [-0.2, 0) is 0 Å². The van der Waals surface area contributed by atoms with Gasteiger partial charge in [0.1, 0.15) is 5.69 Å². The Labute approximate surface area is 123 Å². The number of hydrogen-bond acceptors (Lipinski definition) is 5. The lowest BCUT2D eigenvalue weighted by molar-refractivity contribution is -0.384. The Morgan fingerprint density at radius 3 is 2.71 bits per heavy atom. The topological polar surface area (TPSA) is 99.2 Å². The van der Waals surface area contributed by atoms with Crippen LogP contribution in [0.1, 0.15) is 31.2 Å². The van der Waals surface area contributed by atoms with Crippen LogP contribution in [0.4, 0.5) is 11.4 Å². The molecule has 0 aliphatic heterocycles. The summed E-state index contributed by atoms with van der Waals surface area (Å²) in [6.45, 7) is 0.744. The third kappa shape index (κ3) is 3.70. The van der Waals surface area contributed by atoms with E-state index in [1.54, 1.807) is 0 Å². The van der Waals surface area contributed by atoms with Crippen molar-refractivity contribution in [2.45, 2.75) is 25.7 Å². The van der Waals surface area contributed by atoms with Crippen LogP contribution in [-0.4, -0.2) is 23.2 Å². The molecule has 6 heteroatoms. The summed E-state index contributed by atoms with van der Waals surface area (Å²) in [5, 5.41) is 32.4. The van der Waals surface area contributed by atoms with Crippen molar-refractivity contribution < 1.29 is 10.0 Å². The molecule has 0 spiro atoms. The fraction of sp³-hybridized carbons (Fsp3) is 0.533. The number of nitro groups is 1. The summed E-state index contributed by atoms with van der Waals surface area (Å²) in [6, 6.07) is 6.29. The number of anilines is 1. The second kappa shape index (κ2) is 7.04. The first-order valence-corrected chi connectivity index (χ1v) is 7.19. The number of nitrogens with zero attached hydrogens (tertiary/aromatic N) is 2. The number of hydrogen-bond donors (Lipinski definition) is 2. The number of nitrogens with one attached hydrogen (secondary N) is 1. The van der Waals surface area contributed by atoms with Crippen LogP contribution in [0.15, 0.2) is 18.2 Å². The van der Waals surface area contributed by atoms with Crippen molar-refractivity contribution in [2.75, 3.05) is 18.5 Å². The van der Waals surface area contributed by atoms with Gasteiger partial charge in [-0.2, -0.15) is 5.26 Å². The number of nitriles is 1. The highest BCUT2D eigenvalue weighted by Crippen LogP contribution is 2.31.